The molecule has 0 saturated carbocycles. The average Bonchev–Trinajstić information content (AvgIpc) is 2.38. The van der Waals surface area contributed by atoms with Crippen molar-refractivity contribution >= 4 is 5.91 Å². The molecule has 0 aliphatic heterocycles. The van der Waals surface area contributed by atoms with Gasteiger partial charge in [0, 0.05) is 12.1 Å². The molecular formula is C15H20F3NO2. The molecular weight excluding hydrogens is 283 g/mol. The van der Waals surface area contributed by atoms with E-state index in [4.69, 9.17) is 5.11 Å². The highest BCUT2D eigenvalue weighted by atomic mass is 19.4. The Balaban J connectivity index is 2.67. The number of nitrogens with one attached hydrogen (secondary N) is 1. The second-order valence-electron chi connectivity index (χ2n) is 5.31. The third-order valence-corrected chi connectivity index (χ3v) is 3.53. The zero-order valence-corrected chi connectivity index (χ0v) is 12.1. The molecule has 1 amide bonds. The van der Waals surface area contributed by atoms with Gasteiger partial charge in [0.2, 0.25) is 5.91 Å². The summed E-state index contributed by atoms with van der Waals surface area (Å²) in [7, 11) is 0. The minimum Gasteiger partial charge on any atom is -0.396 e. The van der Waals surface area contributed by atoms with E-state index in [1.807, 2.05) is 13.8 Å². The predicted octanol–water partition coefficient (Wildman–Crippen LogP) is 2.92. The summed E-state index contributed by atoms with van der Waals surface area (Å²) in [4.78, 5) is 11.9. The molecule has 0 fully saturated rings. The number of hydrogen-bond donors (Lipinski definition) is 2. The smallest absolute Gasteiger partial charge is 0.396 e. The molecule has 0 aromatic heterocycles. The minimum absolute atomic E-state index is 0.0131. The van der Waals surface area contributed by atoms with Gasteiger partial charge in [-0.25, -0.2) is 0 Å². The molecule has 0 saturated heterocycles. The van der Waals surface area contributed by atoms with E-state index in [0.717, 1.165) is 12.1 Å². The number of carbonyl (C=O) groups excluding carboxylic acids is 1. The van der Waals surface area contributed by atoms with Crippen molar-refractivity contribution in [3.8, 4) is 0 Å². The summed E-state index contributed by atoms with van der Waals surface area (Å²) < 4.78 is 37.3. The fourth-order valence-electron chi connectivity index (χ4n) is 1.95. The lowest BCUT2D eigenvalue weighted by atomic mass is 9.94. The van der Waals surface area contributed by atoms with Crippen LogP contribution in [0.15, 0.2) is 24.3 Å². The molecule has 1 rings (SSSR count). The fraction of sp³-hybridized carbons (Fsp3) is 0.533. The third kappa shape index (κ3) is 5.38. The van der Waals surface area contributed by atoms with Crippen LogP contribution < -0.4 is 5.32 Å². The van der Waals surface area contributed by atoms with Gasteiger partial charge in [0.1, 0.15) is 0 Å². The number of hydrogen-bond acceptors (Lipinski definition) is 2. The maximum atomic E-state index is 12.4. The molecule has 1 atom stereocenters. The topological polar surface area (TPSA) is 49.3 Å². The van der Waals surface area contributed by atoms with E-state index in [9.17, 15) is 18.0 Å². The first-order valence-corrected chi connectivity index (χ1v) is 6.78. The summed E-state index contributed by atoms with van der Waals surface area (Å²) in [6.07, 6.45) is -3.27. The lowest BCUT2D eigenvalue weighted by Gasteiger charge is -2.29. The molecule has 0 bridgehead atoms. The number of amides is 1. The lowest BCUT2D eigenvalue weighted by molar-refractivity contribution is -0.137. The molecule has 0 radical (unpaired) electrons. The van der Waals surface area contributed by atoms with Crippen molar-refractivity contribution in [2.75, 3.05) is 6.61 Å². The molecule has 0 heterocycles. The minimum atomic E-state index is -4.37. The molecule has 1 aromatic rings. The zero-order valence-electron chi connectivity index (χ0n) is 12.1. The van der Waals surface area contributed by atoms with Gasteiger partial charge in [-0.1, -0.05) is 19.1 Å². The van der Waals surface area contributed by atoms with Gasteiger partial charge in [0.15, 0.2) is 0 Å². The highest BCUT2D eigenvalue weighted by Crippen LogP contribution is 2.29. The van der Waals surface area contributed by atoms with E-state index in [0.29, 0.717) is 18.4 Å². The first-order chi connectivity index (χ1) is 9.70. The molecule has 1 unspecified atom stereocenters. The largest absolute Gasteiger partial charge is 0.416 e. The number of benzene rings is 1. The average molecular weight is 303 g/mol. The van der Waals surface area contributed by atoms with Gasteiger partial charge in [-0.2, -0.15) is 13.2 Å². The fourth-order valence-corrected chi connectivity index (χ4v) is 1.95. The maximum absolute atomic E-state index is 12.4. The zero-order chi connectivity index (χ0) is 16.1. The number of halogens is 3. The molecule has 0 spiro atoms. The Morgan fingerprint density at radius 1 is 1.24 bits per heavy atom. The van der Waals surface area contributed by atoms with E-state index in [1.165, 1.54) is 12.1 Å². The van der Waals surface area contributed by atoms with Crippen molar-refractivity contribution in [3.63, 3.8) is 0 Å². The van der Waals surface area contributed by atoms with Crippen LogP contribution in [0.25, 0.3) is 0 Å². The summed E-state index contributed by atoms with van der Waals surface area (Å²) in [5, 5.41) is 11.8. The van der Waals surface area contributed by atoms with Crippen molar-refractivity contribution in [1.82, 2.24) is 5.32 Å². The Morgan fingerprint density at radius 2 is 1.81 bits per heavy atom. The van der Waals surface area contributed by atoms with Crippen molar-refractivity contribution in [2.45, 2.75) is 44.8 Å². The number of aliphatic hydroxyl groups is 1. The van der Waals surface area contributed by atoms with Gasteiger partial charge in [0.25, 0.3) is 0 Å². The lowest BCUT2D eigenvalue weighted by Crippen LogP contribution is -2.46. The van der Waals surface area contributed by atoms with E-state index in [2.05, 4.69) is 5.32 Å². The van der Waals surface area contributed by atoms with Gasteiger partial charge in [-0.15, -0.1) is 0 Å². The molecule has 1 aromatic carbocycles. The first-order valence-electron chi connectivity index (χ1n) is 6.78. The Morgan fingerprint density at radius 3 is 2.24 bits per heavy atom. The summed E-state index contributed by atoms with van der Waals surface area (Å²) >= 11 is 0. The second-order valence-corrected chi connectivity index (χ2v) is 5.31. The number of carbonyl (C=O) groups is 1. The summed E-state index contributed by atoms with van der Waals surface area (Å²) in [5.41, 5.74) is -0.717. The Kier molecular flexibility index (Phi) is 5.78. The standard InChI is InChI=1S/C15H20F3NO2/c1-3-14(2,8-9-20)19-13(21)10-11-4-6-12(7-5-11)15(16,17)18/h4-7,20H,3,8-10H2,1-2H3,(H,19,21). The van der Waals surface area contributed by atoms with Crippen LogP contribution in [-0.2, 0) is 17.4 Å². The SMILES string of the molecule is CCC(C)(CCO)NC(=O)Cc1ccc(C(F)(F)F)cc1. The molecule has 0 aliphatic rings. The van der Waals surface area contributed by atoms with Crippen molar-refractivity contribution in [1.29, 1.82) is 0 Å². The monoisotopic (exact) mass is 303 g/mol. The van der Waals surface area contributed by atoms with Gasteiger partial charge < -0.3 is 10.4 Å². The quantitative estimate of drug-likeness (QED) is 0.849. The van der Waals surface area contributed by atoms with Crippen LogP contribution >= 0.6 is 0 Å². The second kappa shape index (κ2) is 6.93. The van der Waals surface area contributed by atoms with Crippen molar-refractivity contribution < 1.29 is 23.1 Å². The molecule has 6 heteroatoms. The highest BCUT2D eigenvalue weighted by Gasteiger charge is 2.30. The van der Waals surface area contributed by atoms with Crippen LogP contribution in [0.4, 0.5) is 13.2 Å². The summed E-state index contributed by atoms with van der Waals surface area (Å²) in [5.74, 6) is -0.271. The van der Waals surface area contributed by atoms with Crippen LogP contribution in [0.3, 0.4) is 0 Å². The van der Waals surface area contributed by atoms with E-state index in [-0.39, 0.29) is 18.9 Å². The van der Waals surface area contributed by atoms with E-state index >= 15 is 0 Å². The van der Waals surface area contributed by atoms with Gasteiger partial charge in [-0.05, 0) is 37.5 Å². The van der Waals surface area contributed by atoms with E-state index < -0.39 is 17.3 Å². The van der Waals surface area contributed by atoms with Crippen molar-refractivity contribution in [3.05, 3.63) is 35.4 Å². The Labute approximate surface area is 122 Å². The van der Waals surface area contributed by atoms with Crippen molar-refractivity contribution in [2.24, 2.45) is 0 Å². The maximum Gasteiger partial charge on any atom is 0.416 e. The Hall–Kier alpha value is -1.56. The van der Waals surface area contributed by atoms with Crippen LogP contribution in [0.5, 0.6) is 0 Å². The summed E-state index contributed by atoms with van der Waals surface area (Å²) in [6, 6.07) is 4.54. The number of alkyl halides is 3. The molecule has 3 nitrogen and oxygen atoms in total. The normalized spacial score (nSPS) is 14.6. The van der Waals surface area contributed by atoms with E-state index in [1.54, 1.807) is 0 Å². The molecule has 21 heavy (non-hydrogen) atoms. The summed E-state index contributed by atoms with van der Waals surface area (Å²) in [6.45, 7) is 3.69. The number of aliphatic hydroxyl groups excluding tert-OH is 1. The van der Waals surface area contributed by atoms with Crippen LogP contribution in [0.2, 0.25) is 0 Å². The highest BCUT2D eigenvalue weighted by molar-refractivity contribution is 5.79. The van der Waals surface area contributed by atoms with Gasteiger partial charge >= 0.3 is 6.18 Å². The molecule has 0 aliphatic carbocycles. The Bertz CT molecular complexity index is 471. The number of rotatable bonds is 6. The first kappa shape index (κ1) is 17.5. The third-order valence-electron chi connectivity index (χ3n) is 3.53. The molecule has 2 N–H and O–H groups in total. The molecule has 118 valence electrons. The van der Waals surface area contributed by atoms with Crippen LogP contribution in [-0.4, -0.2) is 23.2 Å². The van der Waals surface area contributed by atoms with Gasteiger partial charge in [0.05, 0.1) is 12.0 Å². The predicted molar refractivity (Wildman–Crippen MR) is 73.7 cm³/mol. The van der Waals surface area contributed by atoms with Gasteiger partial charge in [-0.3, -0.25) is 4.79 Å². The van der Waals surface area contributed by atoms with Crippen LogP contribution in [0, 0.1) is 0 Å². The van der Waals surface area contributed by atoms with Crippen LogP contribution in [0.1, 0.15) is 37.8 Å².